The van der Waals surface area contributed by atoms with Crippen LogP contribution in [-0.4, -0.2) is 46.3 Å². The Labute approximate surface area is 172 Å². The van der Waals surface area contributed by atoms with E-state index in [9.17, 15) is 9.59 Å². The predicted octanol–water partition coefficient (Wildman–Crippen LogP) is 2.22. The molecule has 1 aromatic rings. The van der Waals surface area contributed by atoms with Crippen LogP contribution >= 0.6 is 0 Å². The SMILES string of the molecule is CC(=O)NC12CC3CC(C1)C(NC(=O)c1cnn(C)c1N1CCCCC1)C(C3)C2. The van der Waals surface area contributed by atoms with Crippen LogP contribution in [0.25, 0.3) is 0 Å². The van der Waals surface area contributed by atoms with Gasteiger partial charge in [0.25, 0.3) is 5.91 Å². The average molecular weight is 400 g/mol. The second kappa shape index (κ2) is 7.03. The van der Waals surface area contributed by atoms with Gasteiger partial charge in [0.05, 0.1) is 6.20 Å². The average Bonchev–Trinajstić information content (AvgIpc) is 3.05. The maximum atomic E-state index is 13.3. The number of nitrogens with zero attached hydrogens (tertiary/aromatic N) is 3. The van der Waals surface area contributed by atoms with Crippen molar-refractivity contribution in [1.82, 2.24) is 20.4 Å². The van der Waals surface area contributed by atoms with Gasteiger partial charge >= 0.3 is 0 Å². The van der Waals surface area contributed by atoms with Crippen LogP contribution in [0.4, 0.5) is 5.82 Å². The van der Waals surface area contributed by atoms with Crippen LogP contribution < -0.4 is 15.5 Å². The summed E-state index contributed by atoms with van der Waals surface area (Å²) < 4.78 is 1.85. The summed E-state index contributed by atoms with van der Waals surface area (Å²) in [7, 11) is 1.93. The van der Waals surface area contributed by atoms with Gasteiger partial charge in [-0.05, 0) is 69.1 Å². The lowest BCUT2D eigenvalue weighted by Crippen LogP contribution is -2.66. The first-order chi connectivity index (χ1) is 13.9. The van der Waals surface area contributed by atoms with Gasteiger partial charge in [0.15, 0.2) is 0 Å². The largest absolute Gasteiger partial charge is 0.356 e. The summed E-state index contributed by atoms with van der Waals surface area (Å²) in [6, 6.07) is 0.218. The number of anilines is 1. The Bertz CT molecular complexity index is 796. The molecule has 158 valence electrons. The minimum absolute atomic E-state index is 0.0183. The highest BCUT2D eigenvalue weighted by atomic mass is 16.2. The number of aromatic nitrogens is 2. The summed E-state index contributed by atoms with van der Waals surface area (Å²) in [5.41, 5.74) is 0.677. The lowest BCUT2D eigenvalue weighted by molar-refractivity contribution is -0.125. The van der Waals surface area contributed by atoms with Crippen LogP contribution in [0.5, 0.6) is 0 Å². The summed E-state index contributed by atoms with van der Waals surface area (Å²) in [5, 5.41) is 11.1. The van der Waals surface area contributed by atoms with E-state index < -0.39 is 0 Å². The number of carbonyl (C=O) groups excluding carboxylic acids is 2. The monoisotopic (exact) mass is 399 g/mol. The van der Waals surface area contributed by atoms with Crippen LogP contribution in [0, 0.1) is 17.8 Å². The molecular weight excluding hydrogens is 366 g/mol. The molecule has 2 heterocycles. The summed E-state index contributed by atoms with van der Waals surface area (Å²) in [5.74, 6) is 2.67. The maximum absolute atomic E-state index is 13.3. The van der Waals surface area contributed by atoms with Gasteiger partial charge in [-0.15, -0.1) is 0 Å². The first-order valence-electron chi connectivity index (χ1n) is 11.3. The van der Waals surface area contributed by atoms with Gasteiger partial charge in [0, 0.05) is 38.6 Å². The Morgan fingerprint density at radius 2 is 1.79 bits per heavy atom. The molecule has 29 heavy (non-hydrogen) atoms. The number of nitrogens with one attached hydrogen (secondary N) is 2. The molecule has 7 heteroatoms. The molecule has 7 nitrogen and oxygen atoms in total. The predicted molar refractivity (Wildman–Crippen MR) is 111 cm³/mol. The Kier molecular flexibility index (Phi) is 4.59. The molecule has 4 aliphatic carbocycles. The third-order valence-electron chi connectivity index (χ3n) is 7.82. The number of rotatable bonds is 4. The smallest absolute Gasteiger partial charge is 0.256 e. The molecule has 2 atom stereocenters. The number of amides is 2. The lowest BCUT2D eigenvalue weighted by Gasteiger charge is -2.60. The third kappa shape index (κ3) is 3.32. The second-order valence-electron chi connectivity index (χ2n) is 9.98. The van der Waals surface area contributed by atoms with Crippen molar-refractivity contribution in [2.75, 3.05) is 18.0 Å². The minimum Gasteiger partial charge on any atom is -0.356 e. The minimum atomic E-state index is -0.0309. The highest BCUT2D eigenvalue weighted by Gasteiger charge is 2.56. The van der Waals surface area contributed by atoms with Crippen LogP contribution in [-0.2, 0) is 11.8 Å². The number of hydrogen-bond acceptors (Lipinski definition) is 4. The molecule has 1 aliphatic heterocycles. The van der Waals surface area contributed by atoms with Crippen LogP contribution in [0.15, 0.2) is 6.20 Å². The Morgan fingerprint density at radius 3 is 2.45 bits per heavy atom. The van der Waals surface area contributed by atoms with E-state index in [1.54, 1.807) is 13.1 Å². The summed E-state index contributed by atoms with van der Waals surface area (Å²) >= 11 is 0. The highest BCUT2D eigenvalue weighted by Crippen LogP contribution is 2.55. The van der Waals surface area contributed by atoms with E-state index in [-0.39, 0.29) is 23.4 Å². The Hall–Kier alpha value is -2.05. The van der Waals surface area contributed by atoms with Crippen molar-refractivity contribution in [3.05, 3.63) is 11.8 Å². The van der Waals surface area contributed by atoms with E-state index in [4.69, 9.17) is 0 Å². The van der Waals surface area contributed by atoms with Gasteiger partial charge in [-0.3, -0.25) is 14.3 Å². The van der Waals surface area contributed by atoms with Crippen LogP contribution in [0.2, 0.25) is 0 Å². The van der Waals surface area contributed by atoms with Gasteiger partial charge < -0.3 is 15.5 Å². The number of aryl methyl sites for hydroxylation is 1. The zero-order chi connectivity index (χ0) is 20.2. The molecule has 0 spiro atoms. The quantitative estimate of drug-likeness (QED) is 0.814. The molecule has 0 aromatic carbocycles. The van der Waals surface area contributed by atoms with E-state index in [1.807, 2.05) is 11.7 Å². The molecule has 4 saturated carbocycles. The van der Waals surface area contributed by atoms with Crippen LogP contribution in [0.3, 0.4) is 0 Å². The molecule has 1 aromatic heterocycles. The fourth-order valence-electron chi connectivity index (χ4n) is 7.09. The summed E-state index contributed by atoms with van der Waals surface area (Å²) in [6.07, 6.45) is 10.8. The zero-order valence-electron chi connectivity index (χ0n) is 17.6. The maximum Gasteiger partial charge on any atom is 0.256 e. The number of carbonyl (C=O) groups is 2. The topological polar surface area (TPSA) is 79.3 Å². The van der Waals surface area contributed by atoms with E-state index in [1.165, 1.54) is 32.1 Å². The molecule has 4 bridgehead atoms. The molecule has 1 saturated heterocycles. The van der Waals surface area contributed by atoms with Crippen molar-refractivity contribution in [3.8, 4) is 0 Å². The first-order valence-corrected chi connectivity index (χ1v) is 11.3. The molecule has 0 radical (unpaired) electrons. The van der Waals surface area contributed by atoms with Crippen LogP contribution in [0.1, 0.15) is 68.6 Å². The molecule has 5 aliphatic rings. The van der Waals surface area contributed by atoms with Crippen molar-refractivity contribution < 1.29 is 9.59 Å². The summed E-state index contributed by atoms with van der Waals surface area (Å²) in [6.45, 7) is 3.62. The number of piperidine rings is 1. The van der Waals surface area contributed by atoms with Gasteiger partial charge in [0.1, 0.15) is 11.4 Å². The third-order valence-corrected chi connectivity index (χ3v) is 7.82. The van der Waals surface area contributed by atoms with Gasteiger partial charge in [-0.1, -0.05) is 0 Å². The van der Waals surface area contributed by atoms with Gasteiger partial charge in [0.2, 0.25) is 5.91 Å². The van der Waals surface area contributed by atoms with Crippen molar-refractivity contribution in [1.29, 1.82) is 0 Å². The van der Waals surface area contributed by atoms with E-state index in [0.29, 0.717) is 23.3 Å². The molecule has 2 N–H and O–H groups in total. The molecular formula is C22H33N5O2. The molecule has 6 rings (SSSR count). The standard InChI is InChI=1S/C22H33N5O2/c1-14(28)25-22-10-15-8-16(11-22)19(17(9-15)12-22)24-20(29)18-13-23-26(2)21(18)27-6-4-3-5-7-27/h13,15-17,19H,3-12H2,1-2H3,(H,24,29)(H,25,28). The Morgan fingerprint density at radius 1 is 1.10 bits per heavy atom. The van der Waals surface area contributed by atoms with Crippen molar-refractivity contribution in [2.45, 2.75) is 69.9 Å². The second-order valence-corrected chi connectivity index (χ2v) is 9.98. The molecule has 5 fully saturated rings. The molecule has 2 amide bonds. The highest BCUT2D eigenvalue weighted by molar-refractivity contribution is 5.99. The fourth-order valence-corrected chi connectivity index (χ4v) is 7.09. The lowest BCUT2D eigenvalue weighted by atomic mass is 9.51. The summed E-state index contributed by atoms with van der Waals surface area (Å²) in [4.78, 5) is 27.4. The van der Waals surface area contributed by atoms with Crippen molar-refractivity contribution in [2.24, 2.45) is 24.8 Å². The first kappa shape index (κ1) is 18.9. The van der Waals surface area contributed by atoms with Crippen molar-refractivity contribution in [3.63, 3.8) is 0 Å². The van der Waals surface area contributed by atoms with E-state index in [2.05, 4.69) is 20.6 Å². The Balaban J connectivity index is 1.33. The van der Waals surface area contributed by atoms with E-state index >= 15 is 0 Å². The molecule has 2 unspecified atom stereocenters. The van der Waals surface area contributed by atoms with Crippen molar-refractivity contribution >= 4 is 17.6 Å². The van der Waals surface area contributed by atoms with Gasteiger partial charge in [-0.25, -0.2) is 0 Å². The normalized spacial score (nSPS) is 35.6. The van der Waals surface area contributed by atoms with E-state index in [0.717, 1.165) is 38.2 Å². The van der Waals surface area contributed by atoms with Gasteiger partial charge in [-0.2, -0.15) is 5.10 Å². The fraction of sp³-hybridized carbons (Fsp3) is 0.773. The number of hydrogen-bond donors (Lipinski definition) is 2. The zero-order valence-corrected chi connectivity index (χ0v) is 17.6.